The van der Waals surface area contributed by atoms with Crippen molar-refractivity contribution in [1.29, 1.82) is 0 Å². The van der Waals surface area contributed by atoms with Gasteiger partial charge in [-0.05, 0) is 37.3 Å². The molecule has 3 aromatic rings. The Morgan fingerprint density at radius 2 is 1.52 bits per heavy atom. The summed E-state index contributed by atoms with van der Waals surface area (Å²) < 4.78 is 74.2. The third-order valence-corrected chi connectivity index (χ3v) is 9.25. The number of amides is 1. The van der Waals surface area contributed by atoms with Crippen LogP contribution in [0.4, 0.5) is 23.2 Å². The molecule has 0 saturated carbocycles. The molecule has 0 bridgehead atoms. The van der Waals surface area contributed by atoms with Crippen molar-refractivity contribution < 1.29 is 30.8 Å². The maximum Gasteiger partial charge on any atom is 0.417 e. The van der Waals surface area contributed by atoms with Gasteiger partial charge in [0.15, 0.2) is 0 Å². The molecule has 42 heavy (non-hydrogen) atoms. The minimum Gasteiger partial charge on any atom is -0.346 e. The molecule has 0 aliphatic rings. The van der Waals surface area contributed by atoms with E-state index in [2.05, 4.69) is 10.3 Å². The summed E-state index contributed by atoms with van der Waals surface area (Å²) >= 11 is 28.2. The van der Waals surface area contributed by atoms with Crippen molar-refractivity contribution in [3.63, 3.8) is 0 Å². The number of aryl methyl sites for hydroxylation is 1. The van der Waals surface area contributed by atoms with E-state index in [1.54, 1.807) is 30.3 Å². The molecule has 1 amide bonds. The van der Waals surface area contributed by atoms with Crippen LogP contribution in [-0.4, -0.2) is 41.6 Å². The van der Waals surface area contributed by atoms with Gasteiger partial charge in [0.05, 0.1) is 44.1 Å². The number of anilines is 1. The minimum absolute atomic E-state index is 0.0684. The van der Waals surface area contributed by atoms with Gasteiger partial charge in [0.25, 0.3) is 5.91 Å². The second-order valence-corrected chi connectivity index (χ2v) is 14.6. The Morgan fingerprint density at radius 3 is 1.98 bits per heavy atom. The van der Waals surface area contributed by atoms with Crippen LogP contribution in [0.1, 0.15) is 27.2 Å². The van der Waals surface area contributed by atoms with Gasteiger partial charge < -0.3 is 5.32 Å². The second kappa shape index (κ2) is 14.8. The van der Waals surface area contributed by atoms with Crippen LogP contribution < -0.4 is 9.03 Å². The van der Waals surface area contributed by atoms with Crippen LogP contribution >= 0.6 is 70.0 Å². The van der Waals surface area contributed by atoms with Gasteiger partial charge >= 0.3 is 20.3 Å². The molecule has 1 heterocycles. The lowest BCUT2D eigenvalue weighted by Gasteiger charge is -2.27. The molecule has 0 fully saturated rings. The van der Waals surface area contributed by atoms with Crippen molar-refractivity contribution in [3.8, 4) is 0 Å². The molecule has 0 unspecified atom stereocenters. The molecule has 1 N–H and O–H groups in total. The molecule has 0 atom stereocenters. The van der Waals surface area contributed by atoms with Crippen molar-refractivity contribution in [2.24, 2.45) is 0 Å². The second-order valence-electron chi connectivity index (χ2n) is 8.32. The van der Waals surface area contributed by atoms with Gasteiger partial charge in [-0.15, -0.1) is 0 Å². The van der Waals surface area contributed by atoms with Crippen LogP contribution in [0.5, 0.6) is 0 Å². The Hall–Kier alpha value is -1.71. The fraction of sp³-hybridized carbons (Fsp3) is 0.250. The lowest BCUT2D eigenvalue weighted by atomic mass is 10.2. The molecule has 0 saturated heterocycles. The topological polar surface area (TPSA) is 82.6 Å². The summed E-state index contributed by atoms with van der Waals surface area (Å²) in [6.07, 6.45) is -3.89. The molecule has 2 aromatic carbocycles. The average Bonchev–Trinajstić information content (AvgIpc) is 2.86. The van der Waals surface area contributed by atoms with Gasteiger partial charge in [0.1, 0.15) is 0 Å². The van der Waals surface area contributed by atoms with Crippen molar-refractivity contribution in [1.82, 2.24) is 14.6 Å². The first-order chi connectivity index (χ1) is 19.2. The number of carbonyl (C=O) groups is 1. The Balaban J connectivity index is 0.000000299. The highest BCUT2D eigenvalue weighted by molar-refractivity contribution is 8.15. The first-order valence-corrected chi connectivity index (χ1v) is 15.3. The van der Waals surface area contributed by atoms with Crippen LogP contribution in [0.2, 0.25) is 15.1 Å². The van der Waals surface area contributed by atoms with Crippen molar-refractivity contribution >= 4 is 91.8 Å². The van der Waals surface area contributed by atoms with E-state index in [1.807, 2.05) is 6.92 Å². The van der Waals surface area contributed by atoms with E-state index in [9.17, 15) is 30.8 Å². The Morgan fingerprint density at radius 1 is 0.976 bits per heavy atom. The summed E-state index contributed by atoms with van der Waals surface area (Å²) in [5, 5.41) is 2.56. The molecule has 1 aromatic heterocycles. The molecular formula is C24H21Cl5F4N4O3S2. The molecule has 0 aliphatic carbocycles. The van der Waals surface area contributed by atoms with Crippen molar-refractivity contribution in [3.05, 3.63) is 92.2 Å². The summed E-state index contributed by atoms with van der Waals surface area (Å²) in [7, 11) is -1.25. The zero-order valence-electron chi connectivity index (χ0n) is 21.7. The van der Waals surface area contributed by atoms with Gasteiger partial charge in [0.2, 0.25) is 0 Å². The van der Waals surface area contributed by atoms with E-state index >= 15 is 0 Å². The fourth-order valence-electron chi connectivity index (χ4n) is 2.86. The predicted octanol–water partition coefficient (Wildman–Crippen LogP) is 8.31. The van der Waals surface area contributed by atoms with E-state index in [0.29, 0.717) is 6.20 Å². The van der Waals surface area contributed by atoms with Gasteiger partial charge in [0, 0.05) is 32.2 Å². The molecule has 230 valence electrons. The first kappa shape index (κ1) is 36.5. The molecule has 0 spiro atoms. The normalized spacial score (nSPS) is 12.0. The molecule has 7 nitrogen and oxygen atoms in total. The monoisotopic (exact) mass is 728 g/mol. The van der Waals surface area contributed by atoms with E-state index in [4.69, 9.17) is 58.0 Å². The number of carbonyl (C=O) groups excluding carboxylic acids is 1. The maximum absolute atomic E-state index is 13.4. The number of nitrogens with zero attached hydrogens (tertiary/aromatic N) is 3. The maximum atomic E-state index is 13.4. The Bertz CT molecular complexity index is 1490. The SMILES string of the molecule is Cc1ccc(N(SC(F)(Cl)Cl)S(=O)(=O)N(C)C)cc1.O=C(NCc1ncc(C(F)(F)F)cc1Cl)c1c(Cl)cccc1Cl. The number of rotatable bonds is 8. The standard InChI is InChI=1S/C14H8Cl3F3N2O.C10H13Cl2FN2O2S2/c15-8-2-1-3-9(16)12(8)13(23)22-6-11-10(17)4-7(5-21-11)14(18,19)20;1-8-4-6-9(7-5-8)15(18-10(11,12)13)19(16,17)14(2)3/h1-5H,6H2,(H,22,23);4-7H,1-3H3. The summed E-state index contributed by atoms with van der Waals surface area (Å²) in [5.41, 5.74) is 0.397. The van der Waals surface area contributed by atoms with E-state index in [-0.39, 0.29) is 50.5 Å². The number of benzene rings is 2. The van der Waals surface area contributed by atoms with E-state index < -0.39 is 31.8 Å². The summed E-state index contributed by atoms with van der Waals surface area (Å²) in [4.78, 5) is 15.7. The predicted molar refractivity (Wildman–Crippen MR) is 161 cm³/mol. The smallest absolute Gasteiger partial charge is 0.346 e. The van der Waals surface area contributed by atoms with Crippen LogP contribution in [0.3, 0.4) is 0 Å². The molecule has 18 heteroatoms. The average molecular weight is 731 g/mol. The highest BCUT2D eigenvalue weighted by atomic mass is 35.5. The lowest BCUT2D eigenvalue weighted by molar-refractivity contribution is -0.137. The van der Waals surface area contributed by atoms with Crippen LogP contribution in [0.15, 0.2) is 54.7 Å². The van der Waals surface area contributed by atoms with Crippen molar-refractivity contribution in [2.75, 3.05) is 17.8 Å². The van der Waals surface area contributed by atoms with Crippen LogP contribution in [-0.2, 0) is 22.9 Å². The highest BCUT2D eigenvalue weighted by Gasteiger charge is 2.36. The zero-order valence-corrected chi connectivity index (χ0v) is 27.1. The number of nitrogens with one attached hydrogen (secondary N) is 1. The highest BCUT2D eigenvalue weighted by Crippen LogP contribution is 2.42. The Kier molecular flexibility index (Phi) is 12.9. The van der Waals surface area contributed by atoms with Crippen LogP contribution in [0.25, 0.3) is 0 Å². The van der Waals surface area contributed by atoms with Gasteiger partial charge in [-0.3, -0.25) is 9.78 Å². The van der Waals surface area contributed by atoms with E-state index in [1.165, 1.54) is 26.2 Å². The number of alkyl halides is 6. The number of hydrogen-bond donors (Lipinski definition) is 1. The third kappa shape index (κ3) is 10.5. The van der Waals surface area contributed by atoms with Gasteiger partial charge in [-0.25, -0.2) is 0 Å². The van der Waals surface area contributed by atoms with Crippen molar-refractivity contribution in [2.45, 2.75) is 23.6 Å². The number of aromatic nitrogens is 1. The first-order valence-electron chi connectivity index (χ1n) is 11.2. The lowest BCUT2D eigenvalue weighted by Crippen LogP contribution is -2.37. The summed E-state index contributed by atoms with van der Waals surface area (Å²) in [6.45, 7) is 1.68. The molecule has 0 radical (unpaired) electrons. The van der Waals surface area contributed by atoms with Crippen LogP contribution in [0, 0.1) is 6.92 Å². The van der Waals surface area contributed by atoms with Gasteiger partial charge in [-0.1, -0.05) is 81.8 Å². The number of halogens is 9. The Labute approximate surface area is 269 Å². The number of hydrogen-bond acceptors (Lipinski definition) is 5. The van der Waals surface area contributed by atoms with E-state index in [0.717, 1.165) is 19.6 Å². The fourth-order valence-corrected chi connectivity index (χ4v) is 6.51. The molecule has 0 aliphatic heterocycles. The minimum atomic E-state index is -4.54. The quantitative estimate of drug-likeness (QED) is 0.143. The summed E-state index contributed by atoms with van der Waals surface area (Å²) in [6, 6.07) is 11.8. The third-order valence-electron chi connectivity index (χ3n) is 4.95. The largest absolute Gasteiger partial charge is 0.417 e. The zero-order chi connectivity index (χ0) is 32.0. The molecule has 3 rings (SSSR count). The summed E-state index contributed by atoms with van der Waals surface area (Å²) in [5.74, 6) is -0.585. The number of pyridine rings is 1. The van der Waals surface area contributed by atoms with Gasteiger partial charge in [-0.2, -0.15) is 34.0 Å². The molecular weight excluding hydrogens is 710 g/mol.